The Labute approximate surface area is 120 Å². The van der Waals surface area contributed by atoms with Gasteiger partial charge < -0.3 is 15.2 Å². The van der Waals surface area contributed by atoms with Gasteiger partial charge in [-0.2, -0.15) is 0 Å². The zero-order valence-corrected chi connectivity index (χ0v) is 12.2. The van der Waals surface area contributed by atoms with E-state index >= 15 is 0 Å². The molecule has 20 heavy (non-hydrogen) atoms. The Bertz CT molecular complexity index is 384. The predicted octanol–water partition coefficient (Wildman–Crippen LogP) is 1.24. The van der Waals surface area contributed by atoms with Gasteiger partial charge in [-0.15, -0.1) is 0 Å². The van der Waals surface area contributed by atoms with E-state index < -0.39 is 6.04 Å². The Balaban J connectivity index is 2.79. The third kappa shape index (κ3) is 5.28. The molecule has 2 atom stereocenters. The van der Waals surface area contributed by atoms with Gasteiger partial charge in [0.05, 0.1) is 13.7 Å². The highest BCUT2D eigenvalue weighted by Gasteiger charge is 2.24. The van der Waals surface area contributed by atoms with Crippen LogP contribution >= 0.6 is 0 Å². The first-order valence-electron chi connectivity index (χ1n) is 6.80. The van der Waals surface area contributed by atoms with Crippen molar-refractivity contribution in [1.29, 1.82) is 0 Å². The normalized spacial score (nSPS) is 13.8. The van der Waals surface area contributed by atoms with Gasteiger partial charge in [0.2, 0.25) is 0 Å². The van der Waals surface area contributed by atoms with E-state index in [4.69, 9.17) is 15.2 Å². The monoisotopic (exact) mass is 280 g/mol. The first-order chi connectivity index (χ1) is 9.72. The van der Waals surface area contributed by atoms with Crippen LogP contribution in [0, 0.1) is 0 Å². The first-order valence-corrected chi connectivity index (χ1v) is 6.80. The van der Waals surface area contributed by atoms with E-state index in [1.807, 2.05) is 30.3 Å². The Morgan fingerprint density at radius 2 is 2.00 bits per heavy atom. The maximum absolute atomic E-state index is 12.0. The number of methoxy groups -OCH3 is 2. The Morgan fingerprint density at radius 3 is 2.55 bits per heavy atom. The molecule has 0 bridgehead atoms. The van der Waals surface area contributed by atoms with E-state index in [0.29, 0.717) is 13.2 Å². The van der Waals surface area contributed by atoms with Crippen LogP contribution in [0.5, 0.6) is 0 Å². The molecular formula is C15H24N2O3. The number of nitrogens with two attached hydrogens (primary N) is 1. The molecule has 112 valence electrons. The highest BCUT2D eigenvalue weighted by atomic mass is 16.5. The van der Waals surface area contributed by atoms with Gasteiger partial charge in [-0.25, -0.2) is 4.79 Å². The minimum Gasteiger partial charge on any atom is -0.468 e. The third-order valence-corrected chi connectivity index (χ3v) is 3.10. The minimum atomic E-state index is -0.487. The van der Waals surface area contributed by atoms with Crippen molar-refractivity contribution >= 4 is 5.97 Å². The smallest absolute Gasteiger partial charge is 0.327 e. The van der Waals surface area contributed by atoms with E-state index in [9.17, 15) is 4.79 Å². The number of carbonyl (C=O) groups excluding carboxylic acids is 1. The summed E-state index contributed by atoms with van der Waals surface area (Å²) in [5.41, 5.74) is 6.42. The lowest BCUT2D eigenvalue weighted by molar-refractivity contribution is -0.143. The molecule has 1 aromatic carbocycles. The van der Waals surface area contributed by atoms with Crippen molar-refractivity contribution in [2.45, 2.75) is 24.9 Å². The lowest BCUT2D eigenvalue weighted by atomic mass is 10.0. The van der Waals surface area contributed by atoms with Gasteiger partial charge in [0.25, 0.3) is 0 Å². The number of rotatable bonds is 9. The molecule has 5 nitrogen and oxygen atoms in total. The lowest BCUT2D eigenvalue weighted by Gasteiger charge is -2.24. The third-order valence-electron chi connectivity index (χ3n) is 3.10. The van der Waals surface area contributed by atoms with Gasteiger partial charge in [-0.1, -0.05) is 30.3 Å². The molecule has 0 saturated heterocycles. The summed E-state index contributed by atoms with van der Waals surface area (Å²) in [6, 6.07) is 9.10. The molecule has 0 heterocycles. The molecule has 1 aromatic rings. The molecule has 0 radical (unpaired) electrons. The number of benzene rings is 1. The fourth-order valence-electron chi connectivity index (χ4n) is 2.08. The zero-order valence-electron chi connectivity index (χ0n) is 12.2. The van der Waals surface area contributed by atoms with E-state index in [2.05, 4.69) is 5.32 Å². The van der Waals surface area contributed by atoms with Gasteiger partial charge in [0, 0.05) is 13.2 Å². The molecule has 0 aliphatic carbocycles. The van der Waals surface area contributed by atoms with Crippen molar-refractivity contribution in [3.63, 3.8) is 0 Å². The molecular weight excluding hydrogens is 256 g/mol. The van der Waals surface area contributed by atoms with Gasteiger partial charge in [0.15, 0.2) is 0 Å². The maximum atomic E-state index is 12.0. The van der Waals surface area contributed by atoms with E-state index in [-0.39, 0.29) is 12.0 Å². The molecule has 1 rings (SSSR count). The van der Waals surface area contributed by atoms with Crippen molar-refractivity contribution in [3.05, 3.63) is 35.9 Å². The molecule has 5 heteroatoms. The predicted molar refractivity (Wildman–Crippen MR) is 78.3 cm³/mol. The number of ether oxygens (including phenoxy) is 2. The average Bonchev–Trinajstić information content (AvgIpc) is 2.50. The fraction of sp³-hybridized carbons (Fsp3) is 0.533. The number of carbonyl (C=O) groups is 1. The SMILES string of the molecule is COCC(CCCN)NC(C(=O)OC)c1ccccc1. The molecule has 0 amide bonds. The van der Waals surface area contributed by atoms with Crippen LogP contribution in [0.4, 0.5) is 0 Å². The molecule has 3 N–H and O–H groups in total. The lowest BCUT2D eigenvalue weighted by Crippen LogP contribution is -2.40. The average molecular weight is 280 g/mol. The van der Waals surface area contributed by atoms with Crippen LogP contribution in [0.15, 0.2) is 30.3 Å². The molecule has 0 aromatic heterocycles. The van der Waals surface area contributed by atoms with Crippen molar-refractivity contribution in [2.75, 3.05) is 27.4 Å². The van der Waals surface area contributed by atoms with E-state index in [1.165, 1.54) is 7.11 Å². The van der Waals surface area contributed by atoms with Crippen LogP contribution in [0.3, 0.4) is 0 Å². The number of esters is 1. The molecule has 0 fully saturated rings. The number of nitrogens with one attached hydrogen (secondary N) is 1. The van der Waals surface area contributed by atoms with E-state index in [1.54, 1.807) is 7.11 Å². The van der Waals surface area contributed by atoms with E-state index in [0.717, 1.165) is 18.4 Å². The summed E-state index contributed by atoms with van der Waals surface area (Å²) in [7, 11) is 3.04. The Kier molecular flexibility index (Phi) is 7.87. The summed E-state index contributed by atoms with van der Waals surface area (Å²) in [4.78, 5) is 12.0. The summed E-state index contributed by atoms with van der Waals surface area (Å²) in [5.74, 6) is -0.301. The van der Waals surface area contributed by atoms with Gasteiger partial charge in [-0.3, -0.25) is 5.32 Å². The second kappa shape index (κ2) is 9.47. The van der Waals surface area contributed by atoms with Gasteiger partial charge in [0.1, 0.15) is 6.04 Å². The van der Waals surface area contributed by atoms with Crippen LogP contribution in [-0.4, -0.2) is 39.4 Å². The number of hydrogen-bond donors (Lipinski definition) is 2. The Morgan fingerprint density at radius 1 is 1.30 bits per heavy atom. The van der Waals surface area contributed by atoms with Gasteiger partial charge >= 0.3 is 5.97 Å². The highest BCUT2D eigenvalue weighted by molar-refractivity contribution is 5.77. The maximum Gasteiger partial charge on any atom is 0.327 e. The zero-order chi connectivity index (χ0) is 14.8. The minimum absolute atomic E-state index is 0.0628. The largest absolute Gasteiger partial charge is 0.468 e. The van der Waals surface area contributed by atoms with Crippen molar-refractivity contribution in [3.8, 4) is 0 Å². The van der Waals surface area contributed by atoms with Crippen LogP contribution in [0.25, 0.3) is 0 Å². The molecule has 2 unspecified atom stereocenters. The van der Waals surface area contributed by atoms with Crippen molar-refractivity contribution in [1.82, 2.24) is 5.32 Å². The summed E-state index contributed by atoms with van der Waals surface area (Å²) >= 11 is 0. The number of hydrogen-bond acceptors (Lipinski definition) is 5. The fourth-order valence-corrected chi connectivity index (χ4v) is 2.08. The Hall–Kier alpha value is -1.43. The summed E-state index contributed by atoms with van der Waals surface area (Å²) in [6.07, 6.45) is 1.73. The summed E-state index contributed by atoms with van der Waals surface area (Å²) < 4.78 is 10.1. The second-order valence-corrected chi connectivity index (χ2v) is 4.62. The topological polar surface area (TPSA) is 73.6 Å². The van der Waals surface area contributed by atoms with Crippen LogP contribution in [0.1, 0.15) is 24.4 Å². The van der Waals surface area contributed by atoms with Crippen LogP contribution in [-0.2, 0) is 14.3 Å². The quantitative estimate of drug-likeness (QED) is 0.666. The van der Waals surface area contributed by atoms with Crippen LogP contribution < -0.4 is 11.1 Å². The first kappa shape index (κ1) is 16.6. The molecule has 0 aliphatic rings. The van der Waals surface area contributed by atoms with Crippen molar-refractivity contribution < 1.29 is 14.3 Å². The highest BCUT2D eigenvalue weighted by Crippen LogP contribution is 2.16. The summed E-state index contributed by atoms with van der Waals surface area (Å²) in [5, 5.41) is 3.30. The molecule has 0 aliphatic heterocycles. The van der Waals surface area contributed by atoms with Gasteiger partial charge in [-0.05, 0) is 24.9 Å². The standard InChI is InChI=1S/C15H24N2O3/c1-19-11-13(9-6-10-16)17-14(15(18)20-2)12-7-4-3-5-8-12/h3-5,7-8,13-14,17H,6,9-11,16H2,1-2H3. The molecule has 0 spiro atoms. The second-order valence-electron chi connectivity index (χ2n) is 4.62. The molecule has 0 saturated carbocycles. The van der Waals surface area contributed by atoms with Crippen molar-refractivity contribution in [2.24, 2.45) is 5.73 Å². The summed E-state index contributed by atoms with van der Waals surface area (Å²) in [6.45, 7) is 1.15. The van der Waals surface area contributed by atoms with Crippen LogP contribution in [0.2, 0.25) is 0 Å².